The van der Waals surface area contributed by atoms with Gasteiger partial charge in [-0.25, -0.2) is 4.79 Å². The van der Waals surface area contributed by atoms with Crippen LogP contribution in [0.1, 0.15) is 39.9 Å². The van der Waals surface area contributed by atoms with Gasteiger partial charge in [0.2, 0.25) is 5.91 Å². The summed E-state index contributed by atoms with van der Waals surface area (Å²) in [6.07, 6.45) is 0. The summed E-state index contributed by atoms with van der Waals surface area (Å²) in [5, 5.41) is 12.4. The van der Waals surface area contributed by atoms with Gasteiger partial charge < -0.3 is 10.4 Å². The number of fused-ring (bicyclic) bond motifs is 1. The molecule has 0 fully saturated rings. The fourth-order valence-corrected chi connectivity index (χ4v) is 3.90. The first-order valence-corrected chi connectivity index (χ1v) is 9.89. The Morgan fingerprint density at radius 3 is 2.13 bits per heavy atom. The Hall–Kier alpha value is -3.44. The second kappa shape index (κ2) is 8.13. The van der Waals surface area contributed by atoms with E-state index in [4.69, 9.17) is 16.6 Å². The summed E-state index contributed by atoms with van der Waals surface area (Å²) in [4.78, 5) is 28.9. The van der Waals surface area contributed by atoms with Crippen molar-refractivity contribution in [3.8, 4) is 0 Å². The molecule has 3 aromatic rings. The molecule has 1 atom stereocenters. The Labute approximate surface area is 179 Å². The number of benzene rings is 3. The van der Waals surface area contributed by atoms with Crippen molar-refractivity contribution >= 4 is 34.9 Å². The maximum absolute atomic E-state index is 12.6. The number of nitrogens with zero attached hydrogens (tertiary/aromatic N) is 1. The van der Waals surface area contributed by atoms with Crippen LogP contribution in [0.25, 0.3) is 0 Å². The zero-order valence-electron chi connectivity index (χ0n) is 16.2. The fraction of sp³-hybridized carbons (Fsp3) is 0.125. The minimum atomic E-state index is -1.16. The molecule has 150 valence electrons. The zero-order valence-corrected chi connectivity index (χ0v) is 16.9. The van der Waals surface area contributed by atoms with Crippen molar-refractivity contribution in [2.45, 2.75) is 18.9 Å². The standard InChI is InChI=1S/C24H19ClN2O3/c1-14-23(28)27-20-13-17(24(29)30)19(25)12-18(20)22(26-14)21(15-8-4-2-5-9-15)16-10-6-3-7-11-16/h2-14,21H,1H3,(H,27,28)(H,29,30). The maximum atomic E-state index is 12.6. The number of aliphatic imine (C=N–C) groups is 1. The number of aromatic carboxylic acids is 1. The minimum Gasteiger partial charge on any atom is -0.478 e. The van der Waals surface area contributed by atoms with Crippen LogP contribution >= 0.6 is 11.6 Å². The molecular weight excluding hydrogens is 400 g/mol. The number of carbonyl (C=O) groups excluding carboxylic acids is 1. The molecule has 1 heterocycles. The van der Waals surface area contributed by atoms with Crippen LogP contribution in [0.5, 0.6) is 0 Å². The monoisotopic (exact) mass is 418 g/mol. The molecule has 0 radical (unpaired) electrons. The summed E-state index contributed by atoms with van der Waals surface area (Å²) in [7, 11) is 0. The van der Waals surface area contributed by atoms with E-state index in [9.17, 15) is 14.7 Å². The highest BCUT2D eigenvalue weighted by Gasteiger charge is 2.30. The van der Waals surface area contributed by atoms with E-state index in [1.54, 1.807) is 13.0 Å². The Balaban J connectivity index is 1.99. The summed E-state index contributed by atoms with van der Waals surface area (Å²) in [6, 6.07) is 22.1. The topological polar surface area (TPSA) is 78.8 Å². The normalized spacial score (nSPS) is 15.8. The van der Waals surface area contributed by atoms with Crippen LogP contribution in [0.2, 0.25) is 5.02 Å². The van der Waals surface area contributed by atoms with Crippen LogP contribution in [0, 0.1) is 0 Å². The van der Waals surface area contributed by atoms with E-state index in [0.29, 0.717) is 17.0 Å². The largest absolute Gasteiger partial charge is 0.478 e. The lowest BCUT2D eigenvalue weighted by Crippen LogP contribution is -2.22. The Bertz CT molecular complexity index is 1100. The van der Waals surface area contributed by atoms with Gasteiger partial charge >= 0.3 is 5.97 Å². The van der Waals surface area contributed by atoms with Crippen LogP contribution in [-0.2, 0) is 4.79 Å². The number of rotatable bonds is 4. The number of anilines is 1. The van der Waals surface area contributed by atoms with Gasteiger partial charge in [0.25, 0.3) is 0 Å². The molecular formula is C24H19ClN2O3. The third kappa shape index (κ3) is 3.72. The van der Waals surface area contributed by atoms with Gasteiger partial charge in [0.1, 0.15) is 6.04 Å². The number of carbonyl (C=O) groups is 2. The second-order valence-corrected chi connectivity index (χ2v) is 7.52. The van der Waals surface area contributed by atoms with E-state index in [0.717, 1.165) is 11.1 Å². The predicted octanol–water partition coefficient (Wildman–Crippen LogP) is 5.00. The number of hydrogen-bond acceptors (Lipinski definition) is 3. The molecule has 4 rings (SSSR count). The van der Waals surface area contributed by atoms with Crippen molar-refractivity contribution in [1.29, 1.82) is 0 Å². The van der Waals surface area contributed by atoms with Crippen LogP contribution < -0.4 is 5.32 Å². The number of nitrogens with one attached hydrogen (secondary N) is 1. The zero-order chi connectivity index (χ0) is 21.3. The smallest absolute Gasteiger partial charge is 0.337 e. The Morgan fingerprint density at radius 2 is 1.60 bits per heavy atom. The van der Waals surface area contributed by atoms with Crippen molar-refractivity contribution in [2.24, 2.45) is 4.99 Å². The summed E-state index contributed by atoms with van der Waals surface area (Å²) in [6.45, 7) is 1.72. The highest BCUT2D eigenvalue weighted by molar-refractivity contribution is 6.34. The lowest BCUT2D eigenvalue weighted by atomic mass is 9.83. The van der Waals surface area contributed by atoms with Crippen LogP contribution in [-0.4, -0.2) is 28.7 Å². The van der Waals surface area contributed by atoms with Gasteiger partial charge in [0.15, 0.2) is 0 Å². The number of carboxylic acids is 1. The number of hydrogen-bond donors (Lipinski definition) is 2. The summed E-state index contributed by atoms with van der Waals surface area (Å²) >= 11 is 6.30. The lowest BCUT2D eigenvalue weighted by Gasteiger charge is -2.22. The molecule has 5 nitrogen and oxygen atoms in total. The lowest BCUT2D eigenvalue weighted by molar-refractivity contribution is -0.116. The molecule has 2 N–H and O–H groups in total. The molecule has 30 heavy (non-hydrogen) atoms. The van der Waals surface area contributed by atoms with Crippen LogP contribution in [0.3, 0.4) is 0 Å². The van der Waals surface area contributed by atoms with Gasteiger partial charge in [-0.3, -0.25) is 9.79 Å². The third-order valence-corrected chi connectivity index (χ3v) is 5.44. The molecule has 0 saturated heterocycles. The quantitative estimate of drug-likeness (QED) is 0.625. The molecule has 0 aliphatic carbocycles. The third-order valence-electron chi connectivity index (χ3n) is 5.12. The number of halogens is 1. The van der Waals surface area contributed by atoms with Crippen molar-refractivity contribution in [3.05, 3.63) is 100 Å². The first kappa shape index (κ1) is 19.9. The molecule has 0 aromatic heterocycles. The second-order valence-electron chi connectivity index (χ2n) is 7.12. The molecule has 0 spiro atoms. The Morgan fingerprint density at radius 1 is 1.03 bits per heavy atom. The van der Waals surface area contributed by atoms with Gasteiger partial charge in [-0.2, -0.15) is 0 Å². The first-order valence-electron chi connectivity index (χ1n) is 9.51. The van der Waals surface area contributed by atoms with Crippen molar-refractivity contribution in [3.63, 3.8) is 0 Å². The maximum Gasteiger partial charge on any atom is 0.337 e. The molecule has 1 aliphatic rings. The summed E-state index contributed by atoms with van der Waals surface area (Å²) in [5.41, 5.74) is 3.61. The van der Waals surface area contributed by atoms with Gasteiger partial charge in [-0.05, 0) is 30.2 Å². The van der Waals surface area contributed by atoms with Crippen LogP contribution in [0.15, 0.2) is 77.8 Å². The molecule has 1 aliphatic heterocycles. The highest BCUT2D eigenvalue weighted by atomic mass is 35.5. The molecule has 1 amide bonds. The molecule has 0 saturated carbocycles. The predicted molar refractivity (Wildman–Crippen MR) is 118 cm³/mol. The average Bonchev–Trinajstić information content (AvgIpc) is 2.86. The number of benzodiazepines with no additional fused rings is 1. The minimum absolute atomic E-state index is 0.0689. The van der Waals surface area contributed by atoms with E-state index in [2.05, 4.69) is 5.32 Å². The SMILES string of the molecule is CC1N=C(C(c2ccccc2)c2ccccc2)c2cc(Cl)c(C(=O)O)cc2NC1=O. The molecule has 3 aromatic carbocycles. The van der Waals surface area contributed by atoms with E-state index in [1.807, 2.05) is 60.7 Å². The van der Waals surface area contributed by atoms with Crippen LogP contribution in [0.4, 0.5) is 5.69 Å². The summed E-state index contributed by atoms with van der Waals surface area (Å²) in [5.74, 6) is -1.71. The van der Waals surface area contributed by atoms with E-state index in [-0.39, 0.29) is 22.4 Å². The van der Waals surface area contributed by atoms with Gasteiger partial charge in [0.05, 0.1) is 27.9 Å². The molecule has 1 unspecified atom stereocenters. The average molecular weight is 419 g/mol. The molecule has 0 bridgehead atoms. The molecule has 6 heteroatoms. The summed E-state index contributed by atoms with van der Waals surface area (Å²) < 4.78 is 0. The van der Waals surface area contributed by atoms with E-state index < -0.39 is 12.0 Å². The first-order chi connectivity index (χ1) is 14.5. The fourth-order valence-electron chi connectivity index (χ4n) is 3.66. The van der Waals surface area contributed by atoms with Gasteiger partial charge in [-0.15, -0.1) is 0 Å². The van der Waals surface area contributed by atoms with E-state index >= 15 is 0 Å². The van der Waals surface area contributed by atoms with E-state index in [1.165, 1.54) is 6.07 Å². The van der Waals surface area contributed by atoms with Gasteiger partial charge in [-0.1, -0.05) is 72.3 Å². The number of carboxylic acid groups (broad SMARTS) is 1. The van der Waals surface area contributed by atoms with Crippen molar-refractivity contribution in [1.82, 2.24) is 0 Å². The highest BCUT2D eigenvalue weighted by Crippen LogP contribution is 2.36. The number of amides is 1. The van der Waals surface area contributed by atoms with Gasteiger partial charge in [0, 0.05) is 5.56 Å². The van der Waals surface area contributed by atoms with Crippen molar-refractivity contribution in [2.75, 3.05) is 5.32 Å². The Kier molecular flexibility index (Phi) is 5.38. The van der Waals surface area contributed by atoms with Crippen molar-refractivity contribution < 1.29 is 14.7 Å².